The van der Waals surface area contributed by atoms with Gasteiger partial charge in [0.2, 0.25) is 0 Å². The summed E-state index contributed by atoms with van der Waals surface area (Å²) in [6.45, 7) is 13.2. The number of benzene rings is 6. The molecule has 8 aromatic rings. The van der Waals surface area contributed by atoms with Gasteiger partial charge in [-0.05, 0) is 130 Å². The molecule has 0 atom stereocenters. The van der Waals surface area contributed by atoms with E-state index in [2.05, 4.69) is 163 Å². The van der Waals surface area contributed by atoms with Gasteiger partial charge in [-0.25, -0.2) is 0 Å². The third-order valence-electron chi connectivity index (χ3n) is 12.1. The van der Waals surface area contributed by atoms with Crippen molar-refractivity contribution in [1.82, 2.24) is 0 Å². The van der Waals surface area contributed by atoms with Crippen LogP contribution in [0, 0.1) is 27.7 Å². The van der Waals surface area contributed by atoms with Gasteiger partial charge in [-0.15, -0.1) is 22.7 Å². The standard InChI is InChI=1S/C52H48O2S2/c1-7-9-15-33-27-35(21-23-39(33)47-41-19-13-11-17-37(41)31(5)51-43(47)25-29(3)55-51)45-49(53)46(50(45)54)36-22-24-40(34(28-36)16-10-8-2)48-42-20-14-12-18-38(42)32(6)52-44(48)26-30(4)56-52/h9-28,45-46,49-50,53-54H,7-8H2,1-6H3/b15-9+,16-10+. The largest absolute Gasteiger partial charge is 0.392 e. The van der Waals surface area contributed by atoms with Crippen LogP contribution in [0.1, 0.15) is 81.7 Å². The molecule has 6 aromatic carbocycles. The zero-order valence-electron chi connectivity index (χ0n) is 33.0. The average Bonchev–Trinajstić information content (AvgIpc) is 3.79. The van der Waals surface area contributed by atoms with E-state index in [9.17, 15) is 10.2 Å². The van der Waals surface area contributed by atoms with Crippen LogP contribution in [0.2, 0.25) is 0 Å². The minimum atomic E-state index is -0.717. The van der Waals surface area contributed by atoms with Crippen molar-refractivity contribution in [3.63, 3.8) is 0 Å². The fraction of sp³-hybridized carbons (Fsp3) is 0.231. The minimum Gasteiger partial charge on any atom is -0.392 e. The molecular formula is C52H48O2S2. The predicted octanol–water partition coefficient (Wildman–Crippen LogP) is 14.4. The molecule has 0 saturated heterocycles. The SMILES string of the molecule is CC/C=C/c1cc(C2C(O)C(c3ccc(-c4c5ccccc5c(C)c5sc(C)cc45)c(/C=C/CC)c3)C2O)ccc1-c1c2ccccc2c(C)c2sc(C)cc12. The number of hydrogen-bond donors (Lipinski definition) is 2. The topological polar surface area (TPSA) is 40.5 Å². The van der Waals surface area contributed by atoms with E-state index >= 15 is 0 Å². The van der Waals surface area contributed by atoms with Crippen LogP contribution < -0.4 is 0 Å². The van der Waals surface area contributed by atoms with E-state index in [1.165, 1.54) is 84.9 Å². The highest BCUT2D eigenvalue weighted by Crippen LogP contribution is 2.51. The first-order valence-corrected chi connectivity index (χ1v) is 21.6. The number of rotatable bonds is 8. The van der Waals surface area contributed by atoms with E-state index in [-0.39, 0.29) is 11.8 Å². The molecule has 2 nitrogen and oxygen atoms in total. The maximum atomic E-state index is 12.0. The number of hydrogen-bond acceptors (Lipinski definition) is 4. The highest BCUT2D eigenvalue weighted by Gasteiger charge is 2.50. The fourth-order valence-corrected chi connectivity index (χ4v) is 11.5. The third-order valence-corrected chi connectivity index (χ3v) is 14.5. The molecule has 2 N–H and O–H groups in total. The highest BCUT2D eigenvalue weighted by atomic mass is 32.1. The minimum absolute atomic E-state index is 0.384. The van der Waals surface area contributed by atoms with Gasteiger partial charge in [0.05, 0.1) is 12.2 Å². The van der Waals surface area contributed by atoms with Crippen molar-refractivity contribution in [2.45, 2.75) is 78.4 Å². The van der Waals surface area contributed by atoms with Gasteiger partial charge in [-0.2, -0.15) is 0 Å². The summed E-state index contributed by atoms with van der Waals surface area (Å²) in [6.07, 6.45) is 9.27. The molecule has 0 radical (unpaired) electrons. The fourth-order valence-electron chi connectivity index (χ4n) is 9.42. The highest BCUT2D eigenvalue weighted by molar-refractivity contribution is 7.19. The van der Waals surface area contributed by atoms with Crippen LogP contribution >= 0.6 is 22.7 Å². The molecular weight excluding hydrogens is 721 g/mol. The Hall–Kier alpha value is -4.84. The Labute approximate surface area is 338 Å². The van der Waals surface area contributed by atoms with Gasteiger partial charge in [0.1, 0.15) is 0 Å². The molecule has 2 aromatic heterocycles. The summed E-state index contributed by atoms with van der Waals surface area (Å²) >= 11 is 3.73. The lowest BCUT2D eigenvalue weighted by atomic mass is 9.63. The summed E-state index contributed by atoms with van der Waals surface area (Å²) < 4.78 is 2.67. The Kier molecular flexibility index (Phi) is 9.58. The Morgan fingerprint density at radius 3 is 1.29 bits per heavy atom. The summed E-state index contributed by atoms with van der Waals surface area (Å²) in [5.74, 6) is -0.769. The molecule has 1 fully saturated rings. The van der Waals surface area contributed by atoms with Crippen molar-refractivity contribution >= 4 is 76.5 Å². The second-order valence-electron chi connectivity index (χ2n) is 15.6. The lowest BCUT2D eigenvalue weighted by Gasteiger charge is -2.47. The van der Waals surface area contributed by atoms with Gasteiger partial charge in [-0.3, -0.25) is 0 Å². The average molecular weight is 769 g/mol. The van der Waals surface area contributed by atoms with Crippen LogP contribution in [0.25, 0.3) is 76.1 Å². The van der Waals surface area contributed by atoms with Crippen LogP contribution in [0.4, 0.5) is 0 Å². The molecule has 4 heteroatoms. The van der Waals surface area contributed by atoms with Gasteiger partial charge < -0.3 is 10.2 Å². The summed E-state index contributed by atoms with van der Waals surface area (Å²) in [4.78, 5) is 2.61. The van der Waals surface area contributed by atoms with Gasteiger partial charge in [0, 0.05) is 41.8 Å². The second kappa shape index (κ2) is 14.6. The van der Waals surface area contributed by atoms with Crippen molar-refractivity contribution in [1.29, 1.82) is 0 Å². The number of aliphatic hydroxyl groups excluding tert-OH is 2. The van der Waals surface area contributed by atoms with Crippen LogP contribution in [0.15, 0.2) is 109 Å². The number of aliphatic hydroxyl groups is 2. The molecule has 0 amide bonds. The van der Waals surface area contributed by atoms with Crippen LogP contribution in [-0.4, -0.2) is 22.4 Å². The first kappa shape index (κ1) is 36.8. The Balaban J connectivity index is 1.12. The van der Waals surface area contributed by atoms with Crippen molar-refractivity contribution in [2.75, 3.05) is 0 Å². The summed E-state index contributed by atoms with van der Waals surface area (Å²) in [5, 5.41) is 31.6. The Bertz CT molecular complexity index is 2680. The van der Waals surface area contributed by atoms with E-state index in [1.807, 2.05) is 22.7 Å². The van der Waals surface area contributed by atoms with Crippen molar-refractivity contribution in [3.05, 3.63) is 152 Å². The van der Waals surface area contributed by atoms with E-state index < -0.39 is 12.2 Å². The molecule has 280 valence electrons. The smallest absolute Gasteiger partial charge is 0.0727 e. The van der Waals surface area contributed by atoms with Crippen molar-refractivity contribution in [2.24, 2.45) is 0 Å². The quantitative estimate of drug-likeness (QED) is 0.162. The monoisotopic (exact) mass is 768 g/mol. The van der Waals surface area contributed by atoms with Gasteiger partial charge >= 0.3 is 0 Å². The molecule has 2 heterocycles. The number of fused-ring (bicyclic) bond motifs is 4. The maximum absolute atomic E-state index is 12.0. The molecule has 1 saturated carbocycles. The predicted molar refractivity (Wildman–Crippen MR) is 245 cm³/mol. The van der Waals surface area contributed by atoms with Gasteiger partial charge in [0.25, 0.3) is 0 Å². The summed E-state index contributed by atoms with van der Waals surface area (Å²) in [5.41, 5.74) is 11.7. The number of aryl methyl sites for hydroxylation is 4. The second-order valence-corrected chi connectivity index (χ2v) is 18.2. The molecule has 9 rings (SSSR count). The van der Waals surface area contributed by atoms with Crippen LogP contribution in [0.5, 0.6) is 0 Å². The molecule has 1 aliphatic carbocycles. The third kappa shape index (κ3) is 5.89. The maximum Gasteiger partial charge on any atom is 0.0727 e. The molecule has 0 spiro atoms. The normalized spacial score (nSPS) is 18.7. The van der Waals surface area contributed by atoms with Crippen LogP contribution in [-0.2, 0) is 0 Å². The lowest BCUT2D eigenvalue weighted by Crippen LogP contribution is -2.51. The Morgan fingerprint density at radius 1 is 0.500 bits per heavy atom. The molecule has 56 heavy (non-hydrogen) atoms. The van der Waals surface area contributed by atoms with E-state index in [0.29, 0.717) is 0 Å². The first-order chi connectivity index (χ1) is 27.2. The molecule has 1 aliphatic rings. The van der Waals surface area contributed by atoms with E-state index in [1.54, 1.807) is 0 Å². The zero-order chi connectivity index (χ0) is 38.8. The van der Waals surface area contributed by atoms with E-state index in [4.69, 9.17) is 0 Å². The summed E-state index contributed by atoms with van der Waals surface area (Å²) in [6, 6.07) is 35.3. The summed E-state index contributed by atoms with van der Waals surface area (Å²) in [7, 11) is 0. The molecule has 0 aliphatic heterocycles. The lowest BCUT2D eigenvalue weighted by molar-refractivity contribution is -0.0785. The zero-order valence-corrected chi connectivity index (χ0v) is 34.6. The van der Waals surface area contributed by atoms with Gasteiger partial charge in [-0.1, -0.05) is 123 Å². The van der Waals surface area contributed by atoms with Crippen LogP contribution in [0.3, 0.4) is 0 Å². The Morgan fingerprint density at radius 2 is 0.893 bits per heavy atom. The van der Waals surface area contributed by atoms with Gasteiger partial charge in [0.15, 0.2) is 0 Å². The number of thiophene rings is 2. The molecule has 0 bridgehead atoms. The first-order valence-electron chi connectivity index (χ1n) is 20.0. The van der Waals surface area contributed by atoms with Crippen molar-refractivity contribution in [3.8, 4) is 22.3 Å². The van der Waals surface area contributed by atoms with Crippen molar-refractivity contribution < 1.29 is 10.2 Å². The van der Waals surface area contributed by atoms with E-state index in [0.717, 1.165) is 35.1 Å². The molecule has 0 unspecified atom stereocenters. The number of allylic oxidation sites excluding steroid dienone is 2.